The fraction of sp³-hybridized carbons (Fsp3) is 0.0556. The Morgan fingerprint density at radius 3 is 2.80 bits per heavy atom. The summed E-state index contributed by atoms with van der Waals surface area (Å²) in [4.78, 5) is 16.0. The molecular formula is C18H13FN4O2. The zero-order valence-electron chi connectivity index (χ0n) is 13.0. The molecule has 124 valence electrons. The number of hydrogen-bond donors (Lipinski definition) is 2. The van der Waals surface area contributed by atoms with Gasteiger partial charge in [0.05, 0.1) is 24.0 Å². The summed E-state index contributed by atoms with van der Waals surface area (Å²) in [6.07, 6.45) is 1.58. The number of hydrogen-bond acceptors (Lipinski definition) is 4. The summed E-state index contributed by atoms with van der Waals surface area (Å²) >= 11 is 0. The summed E-state index contributed by atoms with van der Waals surface area (Å²) in [5, 5.41) is 14.0. The Morgan fingerprint density at radius 1 is 1.24 bits per heavy atom. The van der Waals surface area contributed by atoms with E-state index in [2.05, 4.69) is 15.6 Å². The van der Waals surface area contributed by atoms with Gasteiger partial charge >= 0.3 is 6.03 Å². The molecule has 6 nitrogen and oxygen atoms in total. The Kier molecular flexibility index (Phi) is 4.72. The molecule has 3 aromatic rings. The number of rotatable bonds is 4. The number of nitrogens with zero attached hydrogens (tertiary/aromatic N) is 2. The summed E-state index contributed by atoms with van der Waals surface area (Å²) in [7, 11) is 0. The van der Waals surface area contributed by atoms with Crippen molar-refractivity contribution in [3.63, 3.8) is 0 Å². The van der Waals surface area contributed by atoms with Crippen molar-refractivity contribution in [2.75, 3.05) is 5.32 Å². The summed E-state index contributed by atoms with van der Waals surface area (Å²) in [6.45, 7) is 0.0712. The number of oxazole rings is 1. The van der Waals surface area contributed by atoms with E-state index in [1.54, 1.807) is 6.20 Å². The molecule has 1 heterocycles. The molecule has 0 radical (unpaired) electrons. The van der Waals surface area contributed by atoms with Gasteiger partial charge in [-0.3, -0.25) is 0 Å². The molecule has 2 aromatic carbocycles. The first kappa shape index (κ1) is 16.2. The highest BCUT2D eigenvalue weighted by atomic mass is 19.1. The van der Waals surface area contributed by atoms with Crippen molar-refractivity contribution in [2.45, 2.75) is 6.54 Å². The minimum atomic E-state index is -0.553. The van der Waals surface area contributed by atoms with Crippen LogP contribution in [0.4, 0.5) is 14.9 Å². The number of aromatic nitrogens is 1. The molecule has 0 aliphatic carbocycles. The molecule has 0 spiro atoms. The van der Waals surface area contributed by atoms with Crippen LogP contribution in [0.25, 0.3) is 11.3 Å². The van der Waals surface area contributed by atoms with Gasteiger partial charge in [0, 0.05) is 5.56 Å². The lowest BCUT2D eigenvalue weighted by atomic mass is 10.2. The number of amides is 2. The number of carbonyl (C=O) groups excluding carboxylic acids is 1. The fourth-order valence-corrected chi connectivity index (χ4v) is 2.17. The number of halogens is 1. The van der Waals surface area contributed by atoms with Gasteiger partial charge in [0.25, 0.3) is 0 Å². The maximum absolute atomic E-state index is 13.1. The molecular weight excluding hydrogens is 323 g/mol. The minimum absolute atomic E-state index is 0.0395. The Labute approximate surface area is 142 Å². The maximum Gasteiger partial charge on any atom is 0.319 e. The molecule has 3 rings (SSSR count). The second-order valence-electron chi connectivity index (χ2n) is 5.09. The number of anilines is 1. The summed E-state index contributed by atoms with van der Waals surface area (Å²) in [5.41, 5.74) is 1.15. The number of benzene rings is 2. The number of nitrogens with one attached hydrogen (secondary N) is 2. The molecule has 0 saturated carbocycles. The van der Waals surface area contributed by atoms with Gasteiger partial charge < -0.3 is 15.1 Å². The standard InChI is InChI=1S/C18H13FN4O2/c19-14-6-7-15(13(8-14)9-20)23-18(24)22-11-17-21-10-16(25-17)12-4-2-1-3-5-12/h1-8,10H,11H2,(H2,22,23,24). The molecule has 2 amide bonds. The van der Waals surface area contributed by atoms with Crippen LogP contribution in [-0.2, 0) is 6.54 Å². The lowest BCUT2D eigenvalue weighted by molar-refractivity contribution is 0.250. The molecule has 1 aromatic heterocycles. The highest BCUT2D eigenvalue weighted by Gasteiger charge is 2.10. The molecule has 0 aliphatic heterocycles. The van der Waals surface area contributed by atoms with Crippen molar-refractivity contribution in [1.82, 2.24) is 10.3 Å². The third-order valence-corrected chi connectivity index (χ3v) is 3.36. The monoisotopic (exact) mass is 336 g/mol. The Morgan fingerprint density at radius 2 is 2.04 bits per heavy atom. The zero-order chi connectivity index (χ0) is 17.6. The van der Waals surface area contributed by atoms with Gasteiger partial charge in [0.15, 0.2) is 5.76 Å². The smallest absolute Gasteiger partial charge is 0.319 e. The van der Waals surface area contributed by atoms with Crippen LogP contribution in [0.5, 0.6) is 0 Å². The van der Waals surface area contributed by atoms with Crippen molar-refractivity contribution in [1.29, 1.82) is 5.26 Å². The molecule has 0 saturated heterocycles. The van der Waals surface area contributed by atoms with E-state index >= 15 is 0 Å². The average Bonchev–Trinajstić information content (AvgIpc) is 3.11. The van der Waals surface area contributed by atoms with Crippen LogP contribution in [0.3, 0.4) is 0 Å². The molecule has 0 fully saturated rings. The lowest BCUT2D eigenvalue weighted by Crippen LogP contribution is -2.28. The Balaban J connectivity index is 1.60. The molecule has 0 atom stereocenters. The van der Waals surface area contributed by atoms with E-state index in [-0.39, 0.29) is 17.8 Å². The number of carbonyl (C=O) groups is 1. The van der Waals surface area contributed by atoms with Gasteiger partial charge in [-0.15, -0.1) is 0 Å². The SMILES string of the molecule is N#Cc1cc(F)ccc1NC(=O)NCc1ncc(-c2ccccc2)o1. The highest BCUT2D eigenvalue weighted by molar-refractivity contribution is 5.90. The molecule has 0 bridgehead atoms. The van der Waals surface area contributed by atoms with Crippen LogP contribution in [0.2, 0.25) is 0 Å². The van der Waals surface area contributed by atoms with Crippen LogP contribution in [0.15, 0.2) is 59.1 Å². The van der Waals surface area contributed by atoms with E-state index in [0.717, 1.165) is 17.7 Å². The summed E-state index contributed by atoms with van der Waals surface area (Å²) < 4.78 is 18.7. The minimum Gasteiger partial charge on any atom is -0.439 e. The van der Waals surface area contributed by atoms with Crippen molar-refractivity contribution in [3.8, 4) is 17.4 Å². The first-order valence-electron chi connectivity index (χ1n) is 7.40. The second kappa shape index (κ2) is 7.27. The summed E-state index contributed by atoms with van der Waals surface area (Å²) in [6, 6.07) is 14.3. The van der Waals surface area contributed by atoms with E-state index in [9.17, 15) is 9.18 Å². The molecule has 0 aliphatic rings. The average molecular weight is 336 g/mol. The van der Waals surface area contributed by atoms with Gasteiger partial charge in [-0.2, -0.15) is 5.26 Å². The van der Waals surface area contributed by atoms with Crippen molar-refractivity contribution in [2.24, 2.45) is 0 Å². The largest absolute Gasteiger partial charge is 0.439 e. The molecule has 0 unspecified atom stereocenters. The third-order valence-electron chi connectivity index (χ3n) is 3.36. The molecule has 25 heavy (non-hydrogen) atoms. The maximum atomic E-state index is 13.1. The van der Waals surface area contributed by atoms with Crippen molar-refractivity contribution < 1.29 is 13.6 Å². The fourth-order valence-electron chi connectivity index (χ4n) is 2.17. The van der Waals surface area contributed by atoms with E-state index in [4.69, 9.17) is 9.68 Å². The van der Waals surface area contributed by atoms with Crippen LogP contribution in [0.1, 0.15) is 11.5 Å². The Hall–Kier alpha value is -3.66. The van der Waals surface area contributed by atoms with Gasteiger partial charge in [-0.05, 0) is 18.2 Å². The summed E-state index contributed by atoms with van der Waals surface area (Å²) in [5.74, 6) is 0.396. The quantitative estimate of drug-likeness (QED) is 0.760. The van der Waals surface area contributed by atoms with Gasteiger partial charge in [-0.1, -0.05) is 30.3 Å². The highest BCUT2D eigenvalue weighted by Crippen LogP contribution is 2.19. The predicted octanol–water partition coefficient (Wildman–Crippen LogP) is 3.67. The van der Waals surface area contributed by atoms with Crippen molar-refractivity contribution >= 4 is 11.7 Å². The van der Waals surface area contributed by atoms with Crippen LogP contribution < -0.4 is 10.6 Å². The molecule has 7 heteroatoms. The normalized spacial score (nSPS) is 10.1. The topological polar surface area (TPSA) is 91.0 Å². The number of nitriles is 1. The van der Waals surface area contributed by atoms with Crippen molar-refractivity contribution in [3.05, 3.63) is 72.0 Å². The van der Waals surface area contributed by atoms with Gasteiger partial charge in [0.2, 0.25) is 5.89 Å². The second-order valence-corrected chi connectivity index (χ2v) is 5.09. The predicted molar refractivity (Wildman–Crippen MR) is 88.9 cm³/mol. The van der Waals surface area contributed by atoms with E-state index in [1.165, 1.54) is 6.07 Å². The lowest BCUT2D eigenvalue weighted by Gasteiger charge is -2.07. The van der Waals surface area contributed by atoms with E-state index in [1.807, 2.05) is 36.4 Å². The zero-order valence-corrected chi connectivity index (χ0v) is 13.0. The van der Waals surface area contributed by atoms with Crippen LogP contribution >= 0.6 is 0 Å². The molecule has 2 N–H and O–H groups in total. The first-order chi connectivity index (χ1) is 12.2. The Bertz CT molecular complexity index is 932. The van der Waals surface area contributed by atoms with Gasteiger partial charge in [-0.25, -0.2) is 14.2 Å². The van der Waals surface area contributed by atoms with E-state index < -0.39 is 11.8 Å². The van der Waals surface area contributed by atoms with E-state index in [0.29, 0.717) is 11.7 Å². The van der Waals surface area contributed by atoms with Crippen LogP contribution in [0, 0.1) is 17.1 Å². The van der Waals surface area contributed by atoms with Crippen LogP contribution in [-0.4, -0.2) is 11.0 Å². The van der Waals surface area contributed by atoms with Gasteiger partial charge in [0.1, 0.15) is 11.9 Å². The first-order valence-corrected chi connectivity index (χ1v) is 7.40. The third kappa shape index (κ3) is 4.00. The number of urea groups is 1.